The molecule has 0 saturated heterocycles. The van der Waals surface area contributed by atoms with Crippen LogP contribution in [0.2, 0.25) is 18.1 Å². The Morgan fingerprint density at radius 3 is 2.41 bits per heavy atom. The monoisotopic (exact) mass is 460 g/mol. The third-order valence-corrected chi connectivity index (χ3v) is 15.6. The van der Waals surface area contributed by atoms with E-state index >= 15 is 0 Å². The summed E-state index contributed by atoms with van der Waals surface area (Å²) in [5.41, 5.74) is 2.11. The zero-order valence-electron chi connectivity index (χ0n) is 22.2. The largest absolute Gasteiger partial charge is 0.414 e. The molecule has 0 heterocycles. The van der Waals surface area contributed by atoms with Crippen molar-refractivity contribution in [1.29, 1.82) is 0 Å². The van der Waals surface area contributed by atoms with Gasteiger partial charge in [0.1, 0.15) is 5.78 Å². The molecule has 4 aliphatic carbocycles. The Bertz CT molecular complexity index is 780. The smallest absolute Gasteiger partial charge is 0.192 e. The van der Waals surface area contributed by atoms with Crippen molar-refractivity contribution in [3.05, 3.63) is 11.6 Å². The second kappa shape index (κ2) is 8.05. The van der Waals surface area contributed by atoms with Crippen LogP contribution in [-0.4, -0.2) is 33.4 Å². The third-order valence-electron chi connectivity index (χ3n) is 11.1. The topological polar surface area (TPSA) is 35.5 Å². The lowest BCUT2D eigenvalue weighted by molar-refractivity contribution is -0.131. The maximum atomic E-state index is 12.6. The van der Waals surface area contributed by atoms with Crippen LogP contribution in [0, 0.1) is 34.5 Å². The zero-order valence-corrected chi connectivity index (χ0v) is 23.2. The van der Waals surface area contributed by atoms with Crippen LogP contribution in [0.3, 0.4) is 0 Å². The van der Waals surface area contributed by atoms with Gasteiger partial charge >= 0.3 is 0 Å². The van der Waals surface area contributed by atoms with E-state index in [9.17, 15) is 4.79 Å². The van der Waals surface area contributed by atoms with E-state index in [-0.39, 0.29) is 22.5 Å². The Morgan fingerprint density at radius 2 is 1.81 bits per heavy atom. The first-order valence-electron chi connectivity index (χ1n) is 13.1. The highest BCUT2D eigenvalue weighted by Gasteiger charge is 2.62. The summed E-state index contributed by atoms with van der Waals surface area (Å²) in [6.45, 7) is 18.6. The first kappa shape index (κ1) is 24.7. The van der Waals surface area contributed by atoms with Crippen molar-refractivity contribution in [3.63, 3.8) is 0 Å². The van der Waals surface area contributed by atoms with Gasteiger partial charge in [-0.15, -0.1) is 0 Å². The average molecular weight is 461 g/mol. The predicted octanol–water partition coefficient (Wildman–Crippen LogP) is 7.17. The van der Waals surface area contributed by atoms with E-state index in [1.54, 1.807) is 12.5 Å². The van der Waals surface area contributed by atoms with Crippen LogP contribution in [0.15, 0.2) is 11.6 Å². The number of carbonyl (C=O) groups excluding carboxylic acids is 1. The Hall–Kier alpha value is -0.453. The molecule has 182 valence electrons. The van der Waals surface area contributed by atoms with E-state index < -0.39 is 8.32 Å². The van der Waals surface area contributed by atoms with Crippen LogP contribution < -0.4 is 0 Å². The normalized spacial score (nSPS) is 44.3. The highest BCUT2D eigenvalue weighted by atomic mass is 28.4. The van der Waals surface area contributed by atoms with Crippen LogP contribution in [0.4, 0.5) is 0 Å². The summed E-state index contributed by atoms with van der Waals surface area (Å²) in [4.78, 5) is 12.6. The second-order valence-corrected chi connectivity index (χ2v) is 18.4. The number of hydrogen-bond donors (Lipinski definition) is 0. The van der Waals surface area contributed by atoms with Gasteiger partial charge in [0.2, 0.25) is 0 Å². The number of methoxy groups -OCH3 is 1. The molecule has 0 aliphatic heterocycles. The van der Waals surface area contributed by atoms with Gasteiger partial charge in [-0.25, -0.2) is 0 Å². The van der Waals surface area contributed by atoms with Gasteiger partial charge in [0.25, 0.3) is 0 Å². The highest BCUT2D eigenvalue weighted by molar-refractivity contribution is 6.74. The lowest BCUT2D eigenvalue weighted by Gasteiger charge is -2.58. The van der Waals surface area contributed by atoms with Crippen molar-refractivity contribution >= 4 is 14.1 Å². The molecule has 3 nitrogen and oxygen atoms in total. The minimum absolute atomic E-state index is 0.0744. The molecule has 0 unspecified atom stereocenters. The maximum Gasteiger partial charge on any atom is 0.192 e. The molecule has 4 rings (SSSR count). The van der Waals surface area contributed by atoms with Gasteiger partial charge in [0.05, 0.1) is 6.10 Å². The molecule has 8 atom stereocenters. The van der Waals surface area contributed by atoms with Crippen molar-refractivity contribution in [2.75, 3.05) is 7.11 Å². The maximum absolute atomic E-state index is 12.6. The molecule has 0 radical (unpaired) electrons. The van der Waals surface area contributed by atoms with Gasteiger partial charge in [-0.2, -0.15) is 0 Å². The van der Waals surface area contributed by atoms with E-state index in [2.05, 4.69) is 53.8 Å². The lowest BCUT2D eigenvalue weighted by atomic mass is 9.47. The van der Waals surface area contributed by atoms with Crippen LogP contribution in [0.1, 0.15) is 86.5 Å². The molecule has 3 fully saturated rings. The fourth-order valence-corrected chi connectivity index (χ4v) is 9.66. The molecule has 0 aromatic rings. The fourth-order valence-electron chi connectivity index (χ4n) is 8.27. The van der Waals surface area contributed by atoms with Gasteiger partial charge in [-0.1, -0.05) is 46.3 Å². The van der Waals surface area contributed by atoms with Crippen LogP contribution in [-0.2, 0) is 14.0 Å². The number of hydrogen-bond acceptors (Lipinski definition) is 3. The van der Waals surface area contributed by atoms with E-state index in [1.807, 2.05) is 7.11 Å². The highest BCUT2D eigenvalue weighted by Crippen LogP contribution is 2.66. The summed E-state index contributed by atoms with van der Waals surface area (Å²) in [7, 11) is 0.0694. The van der Waals surface area contributed by atoms with E-state index in [0.29, 0.717) is 29.1 Å². The van der Waals surface area contributed by atoms with Crippen LogP contribution in [0.25, 0.3) is 0 Å². The minimum Gasteiger partial charge on any atom is -0.414 e. The van der Waals surface area contributed by atoms with Crippen molar-refractivity contribution in [2.45, 2.75) is 117 Å². The molecular weight excluding hydrogens is 412 g/mol. The molecule has 4 aliphatic rings. The minimum atomic E-state index is -1.74. The molecule has 0 bridgehead atoms. The van der Waals surface area contributed by atoms with E-state index in [0.717, 1.165) is 18.8 Å². The predicted molar refractivity (Wildman–Crippen MR) is 134 cm³/mol. The molecule has 4 heteroatoms. The summed E-state index contributed by atoms with van der Waals surface area (Å²) in [6.07, 6.45) is 11.4. The van der Waals surface area contributed by atoms with Gasteiger partial charge in [-0.3, -0.25) is 4.79 Å². The third kappa shape index (κ3) is 3.71. The van der Waals surface area contributed by atoms with Crippen molar-refractivity contribution < 1.29 is 14.0 Å². The number of fused-ring (bicyclic) bond motifs is 5. The Kier molecular flexibility index (Phi) is 6.21. The van der Waals surface area contributed by atoms with Crippen molar-refractivity contribution in [1.82, 2.24) is 0 Å². The van der Waals surface area contributed by atoms with E-state index in [4.69, 9.17) is 9.16 Å². The number of allylic oxidation sites excluding steroid dienone is 1. The number of rotatable bonds is 4. The number of carbonyl (C=O) groups is 1. The average Bonchev–Trinajstić information content (AvgIpc) is 2.99. The summed E-state index contributed by atoms with van der Waals surface area (Å²) in [6, 6.07) is 0. The second-order valence-electron chi connectivity index (χ2n) is 13.6. The molecule has 3 saturated carbocycles. The SMILES string of the molecule is CO[C@@H]1C[C@@H]2[C@@H]3CC=C4C[C@H](O[Si](C)(C)C(C)(C)C)CC[C@]4(C)[C@@H]3CC[C@]2(C)[C@@H]1C(C)=O. The number of Topliss-reactive ketones (excluding diaryl/α,β-unsaturated/α-hetero) is 1. The molecular formula is C28H48O3Si. The van der Waals surface area contributed by atoms with E-state index in [1.165, 1.54) is 32.1 Å². The fraction of sp³-hybridized carbons (Fsp3) is 0.893. The van der Waals surface area contributed by atoms with Gasteiger partial charge in [-0.05, 0) is 98.6 Å². The lowest BCUT2D eigenvalue weighted by Crippen LogP contribution is -2.52. The van der Waals surface area contributed by atoms with Crippen LogP contribution >= 0.6 is 0 Å². The first-order valence-corrected chi connectivity index (χ1v) is 16.1. The van der Waals surface area contributed by atoms with Crippen molar-refractivity contribution in [3.8, 4) is 0 Å². The Labute approximate surface area is 198 Å². The summed E-state index contributed by atoms with van der Waals surface area (Å²) < 4.78 is 12.8. The molecule has 0 aromatic carbocycles. The summed E-state index contributed by atoms with van der Waals surface area (Å²) >= 11 is 0. The summed E-state index contributed by atoms with van der Waals surface area (Å²) in [5.74, 6) is 2.46. The van der Waals surface area contributed by atoms with Crippen LogP contribution in [0.5, 0.6) is 0 Å². The Balaban J connectivity index is 1.56. The van der Waals surface area contributed by atoms with Gasteiger partial charge in [0.15, 0.2) is 8.32 Å². The van der Waals surface area contributed by atoms with Gasteiger partial charge < -0.3 is 9.16 Å². The quantitative estimate of drug-likeness (QED) is 0.329. The zero-order chi connectivity index (χ0) is 23.7. The number of ketones is 1. The molecule has 32 heavy (non-hydrogen) atoms. The summed E-state index contributed by atoms with van der Waals surface area (Å²) in [5, 5.41) is 0.265. The van der Waals surface area contributed by atoms with Gasteiger partial charge in [0, 0.05) is 19.1 Å². The Morgan fingerprint density at radius 1 is 1.12 bits per heavy atom. The molecule has 0 amide bonds. The standard InChI is InChI=1S/C28H48O3Si/c1-18(29)25-24(30-7)17-23-21-11-10-19-16-20(31-32(8,9)26(2,3)4)12-14-27(19,5)22(21)13-15-28(23,25)6/h10,20-25H,11-17H2,1-9H3/t20-,21-,22-,23-,24-,25-,27+,28+/m1/s1. The molecule has 0 spiro atoms. The molecule has 0 N–H and O–H groups in total. The van der Waals surface area contributed by atoms with Crippen molar-refractivity contribution in [2.24, 2.45) is 34.5 Å². The first-order chi connectivity index (χ1) is 14.7. The number of ether oxygens (including phenoxy) is 1. The molecule has 0 aromatic heterocycles.